The minimum absolute atomic E-state index is 0.0877. The molecule has 0 aliphatic carbocycles. The summed E-state index contributed by atoms with van der Waals surface area (Å²) in [5.41, 5.74) is -0.547. The number of nitrogens with one attached hydrogen (secondary N) is 2. The van der Waals surface area contributed by atoms with Crippen molar-refractivity contribution in [2.24, 2.45) is 0 Å². The Bertz CT molecular complexity index is 884. The molecule has 1 aliphatic heterocycles. The van der Waals surface area contributed by atoms with Crippen molar-refractivity contribution in [2.75, 3.05) is 13.6 Å². The first-order chi connectivity index (χ1) is 12.8. The van der Waals surface area contributed by atoms with E-state index in [1.807, 2.05) is 11.9 Å². The number of hydrogen-bond donors (Lipinski definition) is 4. The lowest BCUT2D eigenvalue weighted by Gasteiger charge is -2.34. The fourth-order valence-electron chi connectivity index (χ4n) is 3.05. The molecule has 0 radical (unpaired) electrons. The quantitative estimate of drug-likeness (QED) is 0.623. The average molecular weight is 376 g/mol. The van der Waals surface area contributed by atoms with Gasteiger partial charge in [-0.2, -0.15) is 0 Å². The maximum absolute atomic E-state index is 12.9. The summed E-state index contributed by atoms with van der Waals surface area (Å²) in [5.74, 6) is -1.66. The van der Waals surface area contributed by atoms with E-state index >= 15 is 0 Å². The molecule has 2 aromatic rings. The van der Waals surface area contributed by atoms with Crippen molar-refractivity contribution in [1.29, 1.82) is 0 Å². The molecule has 1 amide bonds. The second-order valence-corrected chi connectivity index (χ2v) is 6.63. The Labute approximate surface area is 154 Å². The molecular formula is C18H21FN4O4. The van der Waals surface area contributed by atoms with E-state index in [2.05, 4.69) is 15.3 Å². The zero-order valence-electron chi connectivity index (χ0n) is 14.8. The number of aromatic amines is 1. The molecule has 9 heteroatoms. The van der Waals surface area contributed by atoms with Crippen molar-refractivity contribution in [2.45, 2.75) is 31.5 Å². The van der Waals surface area contributed by atoms with Crippen LogP contribution in [0, 0.1) is 5.82 Å². The third-order valence-electron chi connectivity index (χ3n) is 4.65. The van der Waals surface area contributed by atoms with Gasteiger partial charge in [0.25, 0.3) is 11.5 Å². The molecule has 144 valence electrons. The number of aromatic hydroxyl groups is 1. The molecule has 0 spiro atoms. The van der Waals surface area contributed by atoms with Crippen LogP contribution in [0.5, 0.6) is 5.75 Å². The van der Waals surface area contributed by atoms with E-state index in [0.29, 0.717) is 24.9 Å². The maximum Gasteiger partial charge on any atom is 0.293 e. The van der Waals surface area contributed by atoms with Crippen molar-refractivity contribution in [3.63, 3.8) is 0 Å². The smallest absolute Gasteiger partial charge is 0.293 e. The number of piperidine rings is 1. The maximum atomic E-state index is 12.9. The van der Waals surface area contributed by atoms with Gasteiger partial charge in [-0.15, -0.1) is 0 Å². The third-order valence-corrected chi connectivity index (χ3v) is 4.65. The Balaban J connectivity index is 1.81. The van der Waals surface area contributed by atoms with Crippen LogP contribution in [0.25, 0.3) is 0 Å². The fourth-order valence-corrected chi connectivity index (χ4v) is 3.05. The molecule has 4 N–H and O–H groups in total. The molecule has 27 heavy (non-hydrogen) atoms. The summed E-state index contributed by atoms with van der Waals surface area (Å²) in [6, 6.07) is 5.21. The number of nitrogens with zero attached hydrogens (tertiary/aromatic N) is 2. The monoisotopic (exact) mass is 376 g/mol. The van der Waals surface area contributed by atoms with Crippen LogP contribution in [-0.4, -0.2) is 50.7 Å². The van der Waals surface area contributed by atoms with Gasteiger partial charge in [0.15, 0.2) is 5.69 Å². The van der Waals surface area contributed by atoms with E-state index in [0.717, 1.165) is 0 Å². The summed E-state index contributed by atoms with van der Waals surface area (Å²) in [5, 5.41) is 22.4. The van der Waals surface area contributed by atoms with Crippen LogP contribution in [-0.2, 0) is 6.54 Å². The average Bonchev–Trinajstić information content (AvgIpc) is 2.65. The molecule has 0 bridgehead atoms. The number of halogens is 1. The SMILES string of the molecule is CN1CCC(O)CC1c1nc(C(=O)NCc2ccc(F)cc2)c(O)c(=O)[nH]1. The predicted molar refractivity (Wildman–Crippen MR) is 94.7 cm³/mol. The van der Waals surface area contributed by atoms with Crippen LogP contribution in [0.15, 0.2) is 29.1 Å². The molecule has 1 saturated heterocycles. The molecule has 0 saturated carbocycles. The van der Waals surface area contributed by atoms with Crippen molar-refractivity contribution in [1.82, 2.24) is 20.2 Å². The van der Waals surface area contributed by atoms with Gasteiger partial charge in [0, 0.05) is 13.1 Å². The van der Waals surface area contributed by atoms with Gasteiger partial charge in [-0.1, -0.05) is 12.1 Å². The number of benzene rings is 1. The Morgan fingerprint density at radius 3 is 2.81 bits per heavy atom. The lowest BCUT2D eigenvalue weighted by molar-refractivity contribution is 0.0517. The van der Waals surface area contributed by atoms with E-state index in [9.17, 15) is 24.2 Å². The minimum atomic E-state index is -0.819. The number of amides is 1. The van der Waals surface area contributed by atoms with Crippen LogP contribution < -0.4 is 10.9 Å². The number of aromatic nitrogens is 2. The van der Waals surface area contributed by atoms with Crippen molar-refractivity contribution < 1.29 is 19.4 Å². The number of likely N-dealkylation sites (tertiary alicyclic amines) is 1. The number of aliphatic hydroxyl groups excluding tert-OH is 1. The van der Waals surface area contributed by atoms with E-state index in [4.69, 9.17) is 0 Å². The van der Waals surface area contributed by atoms with E-state index in [-0.39, 0.29) is 29.9 Å². The van der Waals surface area contributed by atoms with Crippen molar-refractivity contribution >= 4 is 5.91 Å². The fraction of sp³-hybridized carbons (Fsp3) is 0.389. The molecule has 2 atom stereocenters. The number of aliphatic hydroxyl groups is 1. The zero-order valence-corrected chi connectivity index (χ0v) is 14.8. The molecule has 1 fully saturated rings. The van der Waals surface area contributed by atoms with Gasteiger partial charge >= 0.3 is 0 Å². The topological polar surface area (TPSA) is 119 Å². The Hall–Kier alpha value is -2.78. The summed E-state index contributed by atoms with van der Waals surface area (Å²) in [6.07, 6.45) is 0.447. The Morgan fingerprint density at radius 1 is 1.41 bits per heavy atom. The predicted octanol–water partition coefficient (Wildman–Crippen LogP) is 0.672. The number of carbonyl (C=O) groups excluding carboxylic acids is 1. The van der Waals surface area contributed by atoms with Crippen molar-refractivity contribution in [3.05, 3.63) is 57.5 Å². The number of rotatable bonds is 4. The van der Waals surface area contributed by atoms with Gasteiger partial charge in [-0.3, -0.25) is 14.5 Å². The highest BCUT2D eigenvalue weighted by atomic mass is 19.1. The molecule has 1 aromatic heterocycles. The Morgan fingerprint density at radius 2 is 2.11 bits per heavy atom. The summed E-state index contributed by atoms with van der Waals surface area (Å²) >= 11 is 0. The van der Waals surface area contributed by atoms with Gasteiger partial charge < -0.3 is 20.5 Å². The molecule has 2 unspecified atom stereocenters. The number of hydrogen-bond acceptors (Lipinski definition) is 6. The summed E-state index contributed by atoms with van der Waals surface area (Å²) in [7, 11) is 1.83. The first kappa shape index (κ1) is 19.0. The van der Waals surface area contributed by atoms with Gasteiger partial charge in [-0.05, 0) is 37.6 Å². The minimum Gasteiger partial charge on any atom is -0.501 e. The molecule has 2 heterocycles. The second kappa shape index (κ2) is 7.85. The Kier molecular flexibility index (Phi) is 5.52. The van der Waals surface area contributed by atoms with Crippen molar-refractivity contribution in [3.8, 4) is 5.75 Å². The van der Waals surface area contributed by atoms with Gasteiger partial charge in [0.05, 0.1) is 12.1 Å². The standard InChI is InChI=1S/C18H21FN4O4/c1-23-7-6-12(24)8-13(23)16-21-14(15(25)18(27)22-16)17(26)20-9-10-2-4-11(19)5-3-10/h2-5,12-13,24-25H,6-9H2,1H3,(H,20,26)(H,21,22,27). The normalized spacial score (nSPS) is 20.4. The lowest BCUT2D eigenvalue weighted by atomic mass is 9.99. The van der Waals surface area contributed by atoms with Gasteiger partial charge in [-0.25, -0.2) is 9.37 Å². The highest BCUT2D eigenvalue weighted by molar-refractivity contribution is 5.94. The molecule has 8 nitrogen and oxygen atoms in total. The number of H-pyrrole nitrogens is 1. The van der Waals surface area contributed by atoms with Gasteiger partial charge in [0.1, 0.15) is 11.6 Å². The summed E-state index contributed by atoms with van der Waals surface area (Å²) in [6.45, 7) is 0.701. The first-order valence-electron chi connectivity index (χ1n) is 8.59. The third kappa shape index (κ3) is 4.32. The van der Waals surface area contributed by atoms with E-state index < -0.39 is 23.3 Å². The van der Waals surface area contributed by atoms with Crippen LogP contribution >= 0.6 is 0 Å². The second-order valence-electron chi connectivity index (χ2n) is 6.63. The van der Waals surface area contributed by atoms with E-state index in [1.165, 1.54) is 24.3 Å². The van der Waals surface area contributed by atoms with Crippen LogP contribution in [0.1, 0.15) is 40.8 Å². The van der Waals surface area contributed by atoms with Crippen LogP contribution in [0.3, 0.4) is 0 Å². The summed E-state index contributed by atoms with van der Waals surface area (Å²) in [4.78, 5) is 33.0. The van der Waals surface area contributed by atoms with Crippen LogP contribution in [0.4, 0.5) is 4.39 Å². The highest BCUT2D eigenvalue weighted by Crippen LogP contribution is 2.27. The highest BCUT2D eigenvalue weighted by Gasteiger charge is 2.29. The van der Waals surface area contributed by atoms with Gasteiger partial charge in [0.2, 0.25) is 5.75 Å². The van der Waals surface area contributed by atoms with E-state index in [1.54, 1.807) is 0 Å². The molecular weight excluding hydrogens is 355 g/mol. The molecule has 3 rings (SSSR count). The lowest BCUT2D eigenvalue weighted by Crippen LogP contribution is -2.38. The molecule has 1 aromatic carbocycles. The first-order valence-corrected chi connectivity index (χ1v) is 8.59. The number of carbonyl (C=O) groups is 1. The summed E-state index contributed by atoms with van der Waals surface area (Å²) < 4.78 is 12.9. The largest absolute Gasteiger partial charge is 0.501 e. The molecule has 1 aliphatic rings. The zero-order chi connectivity index (χ0) is 19.6. The van der Waals surface area contributed by atoms with Crippen LogP contribution in [0.2, 0.25) is 0 Å².